The maximum atomic E-state index is 12.5. The van der Waals surface area contributed by atoms with E-state index in [0.717, 1.165) is 25.8 Å². The molecule has 1 aliphatic rings. The van der Waals surface area contributed by atoms with Crippen LogP contribution >= 0.6 is 23.2 Å². The third-order valence-corrected chi connectivity index (χ3v) is 5.32. The Balaban J connectivity index is 0.000000479. The average molecular weight is 457 g/mol. The summed E-state index contributed by atoms with van der Waals surface area (Å²) in [4.78, 5) is 33.8. The first-order valence-electron chi connectivity index (χ1n) is 9.36. The Morgan fingerprint density at radius 2 is 1.73 bits per heavy atom. The highest BCUT2D eigenvalue weighted by molar-refractivity contribution is 6.42. The van der Waals surface area contributed by atoms with Crippen molar-refractivity contribution in [3.05, 3.63) is 58.6 Å². The summed E-state index contributed by atoms with van der Waals surface area (Å²) in [6.45, 7) is 4.61. The fraction of sp³-hybridized carbons (Fsp3) is 0.381. The van der Waals surface area contributed by atoms with Crippen LogP contribution in [0.2, 0.25) is 10.0 Å². The molecule has 164 valence electrons. The van der Waals surface area contributed by atoms with Gasteiger partial charge in [0, 0.05) is 36.3 Å². The zero-order chi connectivity index (χ0) is 22.7. The molecule has 1 aromatic carbocycles. The van der Waals surface area contributed by atoms with Crippen molar-refractivity contribution >= 4 is 41.0 Å². The fourth-order valence-corrected chi connectivity index (χ4v) is 3.48. The summed E-state index contributed by atoms with van der Waals surface area (Å²) in [6, 6.07) is 5.47. The number of hydrogen-bond donors (Lipinski definition) is 3. The summed E-state index contributed by atoms with van der Waals surface area (Å²) < 4.78 is 0. The summed E-state index contributed by atoms with van der Waals surface area (Å²) in [5.41, 5.74) is 0.546. The number of benzene rings is 1. The van der Waals surface area contributed by atoms with E-state index in [1.807, 2.05) is 6.08 Å². The molecule has 0 saturated heterocycles. The molecule has 1 amide bonds. The molecule has 1 aliphatic carbocycles. The number of nitrogens with one attached hydrogen (secondary N) is 1. The molecule has 0 heterocycles. The Labute approximate surface area is 186 Å². The molecule has 2 rings (SSSR count). The van der Waals surface area contributed by atoms with Crippen LogP contribution < -0.4 is 5.32 Å². The van der Waals surface area contributed by atoms with Crippen LogP contribution in [0.15, 0.2) is 43.0 Å². The van der Waals surface area contributed by atoms with Crippen molar-refractivity contribution in [3.63, 3.8) is 0 Å². The van der Waals surface area contributed by atoms with Crippen LogP contribution in [0, 0.1) is 0 Å². The summed E-state index contributed by atoms with van der Waals surface area (Å²) >= 11 is 11.9. The molecule has 0 aliphatic heterocycles. The normalized spacial score (nSPS) is 18.4. The van der Waals surface area contributed by atoms with Gasteiger partial charge in [0.05, 0.1) is 10.0 Å². The molecule has 0 aromatic heterocycles. The van der Waals surface area contributed by atoms with E-state index < -0.39 is 11.9 Å². The highest BCUT2D eigenvalue weighted by atomic mass is 35.5. The summed E-state index contributed by atoms with van der Waals surface area (Å²) in [7, 11) is 2.08. The van der Waals surface area contributed by atoms with E-state index in [4.69, 9.17) is 33.4 Å². The van der Waals surface area contributed by atoms with E-state index in [1.54, 1.807) is 18.2 Å². The smallest absolute Gasteiger partial charge is 0.328 e. The standard InChI is InChI=1S/C17H22Cl2N2O.C4H4O4/c1-3-10-21(2)16-7-5-4-6-15(16)20-17(22)12-8-9-13(18)14(19)11-12;5-3(6)1-2-4(7)8/h3,8-9,11,15-16H,1,4-7,10H2,2H3,(H,20,22);1-2H,(H,5,6)(H,7,8). The number of amides is 1. The average Bonchev–Trinajstić information content (AvgIpc) is 2.69. The van der Waals surface area contributed by atoms with Crippen molar-refractivity contribution in [1.29, 1.82) is 0 Å². The van der Waals surface area contributed by atoms with Gasteiger partial charge in [-0.3, -0.25) is 9.69 Å². The molecule has 0 bridgehead atoms. The minimum atomic E-state index is -1.26. The lowest BCUT2D eigenvalue weighted by molar-refractivity contribution is -0.134. The molecule has 9 heteroatoms. The number of aliphatic carboxylic acids is 2. The molecule has 30 heavy (non-hydrogen) atoms. The van der Waals surface area contributed by atoms with Gasteiger partial charge in [-0.2, -0.15) is 0 Å². The number of rotatable bonds is 7. The van der Waals surface area contributed by atoms with Crippen molar-refractivity contribution in [2.24, 2.45) is 0 Å². The van der Waals surface area contributed by atoms with E-state index in [9.17, 15) is 14.4 Å². The molecule has 3 N–H and O–H groups in total. The molecule has 2 unspecified atom stereocenters. The second kappa shape index (κ2) is 13.1. The van der Waals surface area contributed by atoms with Gasteiger partial charge < -0.3 is 15.5 Å². The van der Waals surface area contributed by atoms with Gasteiger partial charge in [-0.1, -0.05) is 42.1 Å². The zero-order valence-corrected chi connectivity index (χ0v) is 18.2. The predicted octanol–water partition coefficient (Wildman–Crippen LogP) is 3.86. The van der Waals surface area contributed by atoms with Gasteiger partial charge >= 0.3 is 11.9 Å². The molecule has 1 fully saturated rings. The van der Waals surface area contributed by atoms with Gasteiger partial charge in [-0.25, -0.2) is 9.59 Å². The number of halogens is 2. The Morgan fingerprint density at radius 1 is 1.13 bits per heavy atom. The summed E-state index contributed by atoms with van der Waals surface area (Å²) in [5, 5.41) is 19.6. The topological polar surface area (TPSA) is 107 Å². The molecule has 1 aromatic rings. The highest BCUT2D eigenvalue weighted by Crippen LogP contribution is 2.25. The van der Waals surface area contributed by atoms with Crippen LogP contribution in [0.5, 0.6) is 0 Å². The van der Waals surface area contributed by atoms with E-state index in [-0.39, 0.29) is 11.9 Å². The van der Waals surface area contributed by atoms with Crippen molar-refractivity contribution in [1.82, 2.24) is 10.2 Å². The summed E-state index contributed by atoms with van der Waals surface area (Å²) in [6.07, 6.45) is 7.45. The molecule has 0 radical (unpaired) electrons. The van der Waals surface area contributed by atoms with E-state index in [2.05, 4.69) is 23.8 Å². The van der Waals surface area contributed by atoms with E-state index in [0.29, 0.717) is 33.8 Å². The first-order chi connectivity index (χ1) is 14.1. The van der Waals surface area contributed by atoms with Gasteiger partial charge in [0.2, 0.25) is 0 Å². The van der Waals surface area contributed by atoms with E-state index >= 15 is 0 Å². The van der Waals surface area contributed by atoms with E-state index in [1.165, 1.54) is 6.42 Å². The van der Waals surface area contributed by atoms with Gasteiger partial charge in [-0.15, -0.1) is 6.58 Å². The molecule has 1 saturated carbocycles. The molecule has 0 spiro atoms. The maximum absolute atomic E-state index is 12.5. The fourth-order valence-electron chi connectivity index (χ4n) is 3.18. The number of nitrogens with zero attached hydrogens (tertiary/aromatic N) is 1. The highest BCUT2D eigenvalue weighted by Gasteiger charge is 2.29. The zero-order valence-electron chi connectivity index (χ0n) is 16.7. The van der Waals surface area contributed by atoms with Crippen molar-refractivity contribution in [3.8, 4) is 0 Å². The Morgan fingerprint density at radius 3 is 2.27 bits per heavy atom. The van der Waals surface area contributed by atoms with Crippen molar-refractivity contribution in [2.45, 2.75) is 37.8 Å². The van der Waals surface area contributed by atoms with Crippen LogP contribution in [0.25, 0.3) is 0 Å². The lowest BCUT2D eigenvalue weighted by Crippen LogP contribution is -2.52. The number of hydrogen-bond acceptors (Lipinski definition) is 4. The largest absolute Gasteiger partial charge is 0.478 e. The van der Waals surface area contributed by atoms with Gasteiger partial charge in [0.15, 0.2) is 0 Å². The predicted molar refractivity (Wildman–Crippen MR) is 117 cm³/mol. The monoisotopic (exact) mass is 456 g/mol. The summed E-state index contributed by atoms with van der Waals surface area (Å²) in [5.74, 6) is -2.61. The van der Waals surface area contributed by atoms with Gasteiger partial charge in [0.25, 0.3) is 5.91 Å². The minimum absolute atomic E-state index is 0.0949. The Hall–Kier alpha value is -2.35. The van der Waals surface area contributed by atoms with Crippen LogP contribution in [-0.4, -0.2) is 58.6 Å². The number of carbonyl (C=O) groups excluding carboxylic acids is 1. The molecular weight excluding hydrogens is 431 g/mol. The molecular formula is C21H26Cl2N2O5. The lowest BCUT2D eigenvalue weighted by atomic mass is 9.89. The molecule has 7 nitrogen and oxygen atoms in total. The second-order valence-corrected chi connectivity index (χ2v) is 7.61. The van der Waals surface area contributed by atoms with Crippen LogP contribution in [-0.2, 0) is 9.59 Å². The first-order valence-corrected chi connectivity index (χ1v) is 10.1. The quantitative estimate of drug-likeness (QED) is 0.424. The number of carboxylic acids is 2. The van der Waals surface area contributed by atoms with Crippen molar-refractivity contribution < 1.29 is 24.6 Å². The van der Waals surface area contributed by atoms with Gasteiger partial charge in [0.1, 0.15) is 0 Å². The lowest BCUT2D eigenvalue weighted by Gasteiger charge is -2.38. The van der Waals surface area contributed by atoms with Crippen LogP contribution in [0.4, 0.5) is 0 Å². The SMILES string of the molecule is C=CCN(C)C1CCCCC1NC(=O)c1ccc(Cl)c(Cl)c1.O=C(O)C=CC(=O)O. The Kier molecular flexibility index (Phi) is 11.2. The van der Waals surface area contributed by atoms with Crippen LogP contribution in [0.3, 0.4) is 0 Å². The maximum Gasteiger partial charge on any atom is 0.328 e. The van der Waals surface area contributed by atoms with Crippen LogP contribution in [0.1, 0.15) is 36.0 Å². The molecule has 2 atom stereocenters. The minimum Gasteiger partial charge on any atom is -0.478 e. The van der Waals surface area contributed by atoms with Crippen molar-refractivity contribution in [2.75, 3.05) is 13.6 Å². The number of carbonyl (C=O) groups is 3. The van der Waals surface area contributed by atoms with Gasteiger partial charge in [-0.05, 0) is 38.1 Å². The third kappa shape index (κ3) is 8.98. The number of carboxylic acid groups (broad SMARTS) is 2. The third-order valence-electron chi connectivity index (χ3n) is 4.58. The number of likely N-dealkylation sites (N-methyl/N-ethyl adjacent to an activating group) is 1. The second-order valence-electron chi connectivity index (χ2n) is 6.80. The first kappa shape index (κ1) is 25.7. The Bertz CT molecular complexity index is 782.